The minimum atomic E-state index is -3.94. The van der Waals surface area contributed by atoms with Crippen molar-refractivity contribution in [1.82, 2.24) is 19.4 Å². The Morgan fingerprint density at radius 3 is 2.63 bits per heavy atom. The van der Waals surface area contributed by atoms with Gasteiger partial charge in [0.05, 0.1) is 46.7 Å². The third kappa shape index (κ3) is 5.29. The minimum absolute atomic E-state index is 0.0481. The Labute approximate surface area is 225 Å². The van der Waals surface area contributed by atoms with Gasteiger partial charge in [0.1, 0.15) is 12.6 Å². The number of aromatic nitrogens is 2. The van der Waals surface area contributed by atoms with Crippen molar-refractivity contribution in [1.29, 1.82) is 0 Å². The van der Waals surface area contributed by atoms with Crippen LogP contribution in [0.3, 0.4) is 0 Å². The second-order valence-corrected chi connectivity index (χ2v) is 13.4. The van der Waals surface area contributed by atoms with Gasteiger partial charge in [-0.2, -0.15) is 13.5 Å². The lowest BCUT2D eigenvalue weighted by Crippen LogP contribution is -2.52. The highest BCUT2D eigenvalue weighted by molar-refractivity contribution is 7.89. The number of anilines is 1. The van der Waals surface area contributed by atoms with Gasteiger partial charge >= 0.3 is 0 Å². The fourth-order valence-corrected chi connectivity index (χ4v) is 6.43. The summed E-state index contributed by atoms with van der Waals surface area (Å²) in [7, 11) is -5.85. The molecule has 0 saturated heterocycles. The van der Waals surface area contributed by atoms with Crippen molar-refractivity contribution < 1.29 is 25.8 Å². The maximum atomic E-state index is 13.8. The van der Waals surface area contributed by atoms with E-state index >= 15 is 0 Å². The number of aliphatic imine (C=N–C) groups is 1. The minimum Gasteiger partial charge on any atom is -0.294 e. The number of benzene rings is 1. The number of amides is 1. The Kier molecular flexibility index (Phi) is 6.56. The molecule has 2 aromatic rings. The Hall–Kier alpha value is -2.96. The van der Waals surface area contributed by atoms with Gasteiger partial charge in [-0.05, 0) is 31.9 Å². The number of carbonyl (C=O) groups excluding carboxylic acids is 1. The summed E-state index contributed by atoms with van der Waals surface area (Å²) in [5.41, 5.74) is 0.598. The van der Waals surface area contributed by atoms with E-state index in [1.54, 1.807) is 29.0 Å². The standard InChI is InChI=1S/C23H25ClN6O6S2/c1-23(6-7-23)27-38(34,35)17-9-18-20(19(24)10-17)30-16(5-4-8-36-37(3,32)33)12-25-22(30)29(21(18)31)14-15-11-26-28(2)13-15/h9-11,13,16,27H,6-8,12,14H2,1-3H3. The Bertz CT molecular complexity index is 1640. The molecule has 1 amide bonds. The topological polar surface area (TPSA) is 143 Å². The first-order chi connectivity index (χ1) is 17.8. The highest BCUT2D eigenvalue weighted by Crippen LogP contribution is 2.42. The van der Waals surface area contributed by atoms with E-state index in [-0.39, 0.29) is 40.9 Å². The summed E-state index contributed by atoms with van der Waals surface area (Å²) in [6.45, 7) is 1.77. The van der Waals surface area contributed by atoms with Gasteiger partial charge in [0, 0.05) is 24.3 Å². The number of sulfonamides is 1. The quantitative estimate of drug-likeness (QED) is 0.379. The van der Waals surface area contributed by atoms with Gasteiger partial charge in [-0.1, -0.05) is 23.4 Å². The van der Waals surface area contributed by atoms with Crippen LogP contribution in [0.4, 0.5) is 5.69 Å². The van der Waals surface area contributed by atoms with Crippen LogP contribution in [-0.2, 0) is 37.9 Å². The van der Waals surface area contributed by atoms with Gasteiger partial charge < -0.3 is 0 Å². The molecular weight excluding hydrogens is 556 g/mol. The number of guanidine groups is 1. The molecule has 202 valence electrons. The molecule has 0 bridgehead atoms. The normalized spacial score (nSPS) is 19.9. The molecule has 0 radical (unpaired) electrons. The van der Waals surface area contributed by atoms with E-state index < -0.39 is 37.6 Å². The Morgan fingerprint density at radius 2 is 2.00 bits per heavy atom. The van der Waals surface area contributed by atoms with Crippen LogP contribution < -0.4 is 9.62 Å². The maximum Gasteiger partial charge on any atom is 0.265 e. The van der Waals surface area contributed by atoms with Crippen LogP contribution in [0.1, 0.15) is 35.7 Å². The summed E-state index contributed by atoms with van der Waals surface area (Å²) < 4.78 is 57.8. The fourth-order valence-electron chi connectivity index (χ4n) is 4.27. The van der Waals surface area contributed by atoms with Crippen molar-refractivity contribution in [3.05, 3.63) is 40.7 Å². The molecule has 1 atom stereocenters. The van der Waals surface area contributed by atoms with Crippen molar-refractivity contribution >= 4 is 49.3 Å². The predicted octanol–water partition coefficient (Wildman–Crippen LogP) is 1.08. The number of aryl methyl sites for hydroxylation is 1. The Morgan fingerprint density at radius 1 is 1.26 bits per heavy atom. The fraction of sp³-hybridized carbons (Fsp3) is 0.435. The third-order valence-corrected chi connectivity index (χ3v) is 8.78. The molecule has 1 fully saturated rings. The lowest BCUT2D eigenvalue weighted by molar-refractivity contribution is 0.0833. The first-order valence-corrected chi connectivity index (χ1v) is 15.3. The summed E-state index contributed by atoms with van der Waals surface area (Å²) in [6, 6.07) is 2.03. The van der Waals surface area contributed by atoms with Crippen LogP contribution in [0.25, 0.3) is 0 Å². The second kappa shape index (κ2) is 9.35. The molecule has 38 heavy (non-hydrogen) atoms. The van der Waals surface area contributed by atoms with Crippen LogP contribution >= 0.6 is 11.6 Å². The molecule has 2 aliphatic heterocycles. The molecule has 1 saturated carbocycles. The summed E-state index contributed by atoms with van der Waals surface area (Å²) in [5.74, 6) is 5.45. The zero-order chi connectivity index (χ0) is 27.5. The number of hydrogen-bond acceptors (Lipinski definition) is 9. The van der Waals surface area contributed by atoms with Crippen LogP contribution in [-0.4, -0.2) is 74.4 Å². The molecule has 1 aromatic heterocycles. The summed E-state index contributed by atoms with van der Waals surface area (Å²) in [5, 5.41) is 4.20. The number of nitrogens with one attached hydrogen (secondary N) is 1. The van der Waals surface area contributed by atoms with Crippen LogP contribution in [0.15, 0.2) is 34.4 Å². The van der Waals surface area contributed by atoms with E-state index in [0.717, 1.165) is 24.7 Å². The molecule has 1 aliphatic carbocycles. The van der Waals surface area contributed by atoms with Gasteiger partial charge in [-0.3, -0.25) is 23.5 Å². The van der Waals surface area contributed by atoms with E-state index in [2.05, 4.69) is 26.7 Å². The molecule has 5 rings (SSSR count). The molecule has 15 heteroatoms. The highest BCUT2D eigenvalue weighted by atomic mass is 35.5. The van der Waals surface area contributed by atoms with E-state index in [9.17, 15) is 21.6 Å². The Balaban J connectivity index is 1.56. The van der Waals surface area contributed by atoms with Crippen molar-refractivity contribution in [2.24, 2.45) is 12.0 Å². The average molecular weight is 581 g/mol. The zero-order valence-electron chi connectivity index (χ0n) is 20.8. The molecular formula is C23H25ClN6O6S2. The van der Waals surface area contributed by atoms with Crippen molar-refractivity contribution in [3.8, 4) is 11.8 Å². The number of nitrogens with zero attached hydrogens (tertiary/aromatic N) is 5. The van der Waals surface area contributed by atoms with Crippen molar-refractivity contribution in [2.45, 2.75) is 42.8 Å². The lowest BCUT2D eigenvalue weighted by atomic mass is 10.1. The zero-order valence-corrected chi connectivity index (χ0v) is 23.2. The largest absolute Gasteiger partial charge is 0.294 e. The van der Waals surface area contributed by atoms with Gasteiger partial charge in [-0.25, -0.2) is 18.1 Å². The molecule has 12 nitrogen and oxygen atoms in total. The number of fused-ring (bicyclic) bond motifs is 3. The van der Waals surface area contributed by atoms with Gasteiger partial charge in [0.15, 0.2) is 0 Å². The van der Waals surface area contributed by atoms with Crippen LogP contribution in [0.5, 0.6) is 0 Å². The van der Waals surface area contributed by atoms with Crippen LogP contribution in [0, 0.1) is 11.8 Å². The van der Waals surface area contributed by atoms with E-state index in [1.807, 2.05) is 6.92 Å². The lowest BCUT2D eigenvalue weighted by Gasteiger charge is -2.38. The monoisotopic (exact) mass is 580 g/mol. The summed E-state index contributed by atoms with van der Waals surface area (Å²) in [4.78, 5) is 21.3. The first-order valence-electron chi connectivity index (χ1n) is 11.6. The molecule has 1 aromatic carbocycles. The molecule has 1 N–H and O–H groups in total. The number of carbonyl (C=O) groups is 1. The molecule has 1 unspecified atom stereocenters. The first kappa shape index (κ1) is 26.6. The van der Waals surface area contributed by atoms with Crippen molar-refractivity contribution in [3.63, 3.8) is 0 Å². The van der Waals surface area contributed by atoms with Gasteiger partial charge in [-0.15, -0.1) is 0 Å². The summed E-state index contributed by atoms with van der Waals surface area (Å²) >= 11 is 6.64. The molecule has 3 heterocycles. The number of rotatable bonds is 7. The van der Waals surface area contributed by atoms with Gasteiger partial charge in [0.25, 0.3) is 16.0 Å². The smallest absolute Gasteiger partial charge is 0.265 e. The third-order valence-electron chi connectivity index (χ3n) is 6.33. The van der Waals surface area contributed by atoms with Gasteiger partial charge in [0.2, 0.25) is 16.0 Å². The van der Waals surface area contributed by atoms with Crippen LogP contribution in [0.2, 0.25) is 5.02 Å². The SMILES string of the molecule is Cn1cc(CN2C(=O)c3cc(S(=O)(=O)NC4(C)CC4)cc(Cl)c3N3C2=NCC3C#CCOS(C)(=O)=O)cn1. The molecule has 3 aliphatic rings. The van der Waals surface area contributed by atoms with Crippen molar-refractivity contribution in [2.75, 3.05) is 24.3 Å². The predicted molar refractivity (Wildman–Crippen MR) is 140 cm³/mol. The van der Waals surface area contributed by atoms with E-state index in [1.165, 1.54) is 17.0 Å². The second-order valence-electron chi connectivity index (χ2n) is 9.69. The maximum absolute atomic E-state index is 13.8. The number of hydrogen-bond donors (Lipinski definition) is 1. The van der Waals surface area contributed by atoms with E-state index in [0.29, 0.717) is 5.96 Å². The van der Waals surface area contributed by atoms with E-state index in [4.69, 9.17) is 15.8 Å². The average Bonchev–Trinajstić information content (AvgIpc) is 3.19. The highest BCUT2D eigenvalue weighted by Gasteiger charge is 2.45. The number of halogens is 1. The summed E-state index contributed by atoms with van der Waals surface area (Å²) in [6.07, 6.45) is 5.75. The molecule has 0 spiro atoms.